The predicted molar refractivity (Wildman–Crippen MR) is 72.8 cm³/mol. The van der Waals surface area contributed by atoms with Gasteiger partial charge in [-0.3, -0.25) is 4.79 Å². The van der Waals surface area contributed by atoms with Crippen LogP contribution in [0.5, 0.6) is 0 Å². The lowest BCUT2D eigenvalue weighted by Crippen LogP contribution is -2.33. The second kappa shape index (κ2) is 7.22. The van der Waals surface area contributed by atoms with E-state index in [2.05, 4.69) is 5.92 Å². The molecule has 0 saturated heterocycles. The first-order valence-electron chi connectivity index (χ1n) is 6.12. The van der Waals surface area contributed by atoms with Gasteiger partial charge in [0.1, 0.15) is 0 Å². The average molecular weight is 259 g/mol. The Labute approximate surface area is 113 Å². The Morgan fingerprint density at radius 1 is 1.37 bits per heavy atom. The van der Waals surface area contributed by atoms with Gasteiger partial charge in [0, 0.05) is 6.54 Å². The molecule has 1 aromatic rings. The molecular weight excluding hydrogens is 242 g/mol. The first kappa shape index (κ1) is 14.8. The van der Waals surface area contributed by atoms with Crippen LogP contribution in [0.25, 0.3) is 0 Å². The molecule has 0 aromatic heterocycles. The number of hydrogen-bond donors (Lipinski definition) is 1. The van der Waals surface area contributed by atoms with E-state index in [1.807, 2.05) is 6.92 Å². The van der Waals surface area contributed by atoms with Crippen LogP contribution in [0.2, 0.25) is 0 Å². The van der Waals surface area contributed by atoms with Crippen molar-refractivity contribution in [2.24, 2.45) is 0 Å². The molecule has 19 heavy (non-hydrogen) atoms. The van der Waals surface area contributed by atoms with Gasteiger partial charge in [-0.15, -0.1) is 6.42 Å². The van der Waals surface area contributed by atoms with Crippen molar-refractivity contribution in [1.29, 1.82) is 0 Å². The van der Waals surface area contributed by atoms with E-state index in [1.54, 1.807) is 23.1 Å². The van der Waals surface area contributed by atoms with E-state index in [1.165, 1.54) is 6.07 Å². The Kier molecular flexibility index (Phi) is 5.62. The lowest BCUT2D eigenvalue weighted by molar-refractivity contribution is -0.129. The molecule has 1 N–H and O–H groups in total. The minimum Gasteiger partial charge on any atom is -0.478 e. The highest BCUT2D eigenvalue weighted by molar-refractivity contribution is 5.91. The molecule has 0 aliphatic rings. The maximum atomic E-state index is 12.1. The third-order valence-corrected chi connectivity index (χ3v) is 2.72. The molecule has 0 bridgehead atoms. The standard InChI is InChI=1S/C15H17NO3/c1-3-9-16(10-4-2)14(17)11-12-7-5-6-8-13(12)15(18)19/h1,5-8H,4,9-11H2,2H3,(H,18,19). The average Bonchev–Trinajstić information content (AvgIpc) is 2.38. The van der Waals surface area contributed by atoms with Gasteiger partial charge in [-0.25, -0.2) is 4.79 Å². The third-order valence-electron chi connectivity index (χ3n) is 2.72. The molecule has 0 spiro atoms. The van der Waals surface area contributed by atoms with Crippen LogP contribution >= 0.6 is 0 Å². The number of amides is 1. The second-order valence-electron chi connectivity index (χ2n) is 4.16. The van der Waals surface area contributed by atoms with Gasteiger partial charge in [0.05, 0.1) is 18.5 Å². The number of carbonyl (C=O) groups excluding carboxylic acids is 1. The zero-order valence-corrected chi connectivity index (χ0v) is 10.9. The van der Waals surface area contributed by atoms with Gasteiger partial charge in [0.25, 0.3) is 0 Å². The zero-order chi connectivity index (χ0) is 14.3. The predicted octanol–water partition coefficient (Wildman–Crippen LogP) is 1.80. The Balaban J connectivity index is 2.86. The topological polar surface area (TPSA) is 57.6 Å². The van der Waals surface area contributed by atoms with Crippen LogP contribution in [0, 0.1) is 12.3 Å². The third kappa shape index (κ3) is 4.14. The van der Waals surface area contributed by atoms with Crippen LogP contribution in [-0.2, 0) is 11.2 Å². The van der Waals surface area contributed by atoms with E-state index in [9.17, 15) is 9.59 Å². The van der Waals surface area contributed by atoms with E-state index in [0.717, 1.165) is 6.42 Å². The summed E-state index contributed by atoms with van der Waals surface area (Å²) < 4.78 is 0. The minimum atomic E-state index is -1.03. The Morgan fingerprint density at radius 3 is 2.63 bits per heavy atom. The summed E-state index contributed by atoms with van der Waals surface area (Å²) in [6.45, 7) is 2.79. The van der Waals surface area contributed by atoms with Gasteiger partial charge in [-0.05, 0) is 18.1 Å². The van der Waals surface area contributed by atoms with Gasteiger partial charge in [0.2, 0.25) is 5.91 Å². The number of aromatic carboxylic acids is 1. The normalized spacial score (nSPS) is 9.68. The quantitative estimate of drug-likeness (QED) is 0.792. The van der Waals surface area contributed by atoms with Crippen molar-refractivity contribution < 1.29 is 14.7 Å². The Morgan fingerprint density at radius 2 is 2.05 bits per heavy atom. The highest BCUT2D eigenvalue weighted by atomic mass is 16.4. The van der Waals surface area contributed by atoms with Gasteiger partial charge in [-0.2, -0.15) is 0 Å². The van der Waals surface area contributed by atoms with Crippen LogP contribution in [0.15, 0.2) is 24.3 Å². The minimum absolute atomic E-state index is 0.0597. The van der Waals surface area contributed by atoms with E-state index < -0.39 is 5.97 Å². The molecule has 0 atom stereocenters. The van der Waals surface area contributed by atoms with Crippen LogP contribution in [-0.4, -0.2) is 35.0 Å². The Bertz CT molecular complexity index is 502. The number of carbonyl (C=O) groups is 2. The molecule has 0 saturated carbocycles. The number of hydrogen-bond acceptors (Lipinski definition) is 2. The van der Waals surface area contributed by atoms with Crippen molar-refractivity contribution in [3.63, 3.8) is 0 Å². The fourth-order valence-electron chi connectivity index (χ4n) is 1.83. The van der Waals surface area contributed by atoms with E-state index in [4.69, 9.17) is 11.5 Å². The number of nitrogens with zero attached hydrogens (tertiary/aromatic N) is 1. The van der Waals surface area contributed by atoms with Crippen LogP contribution in [0.3, 0.4) is 0 Å². The number of carboxylic acids is 1. The van der Waals surface area contributed by atoms with Gasteiger partial charge < -0.3 is 10.0 Å². The molecule has 0 radical (unpaired) electrons. The summed E-state index contributed by atoms with van der Waals surface area (Å²) in [4.78, 5) is 24.7. The summed E-state index contributed by atoms with van der Waals surface area (Å²) >= 11 is 0. The first-order valence-corrected chi connectivity index (χ1v) is 6.12. The van der Waals surface area contributed by atoms with E-state index >= 15 is 0 Å². The smallest absolute Gasteiger partial charge is 0.335 e. The molecule has 1 aromatic carbocycles. The summed E-state index contributed by atoms with van der Waals surface area (Å²) in [6.07, 6.45) is 6.10. The molecule has 4 nitrogen and oxygen atoms in total. The lowest BCUT2D eigenvalue weighted by Gasteiger charge is -2.19. The SMILES string of the molecule is C#CCN(CCC)C(=O)Cc1ccccc1C(=O)O. The number of rotatable bonds is 6. The molecule has 1 rings (SSSR count). The van der Waals surface area contributed by atoms with Crippen molar-refractivity contribution in [3.8, 4) is 12.3 Å². The van der Waals surface area contributed by atoms with Crippen molar-refractivity contribution in [2.75, 3.05) is 13.1 Å². The van der Waals surface area contributed by atoms with Gasteiger partial charge in [-0.1, -0.05) is 31.0 Å². The van der Waals surface area contributed by atoms with Crippen LogP contribution in [0.1, 0.15) is 29.3 Å². The zero-order valence-electron chi connectivity index (χ0n) is 10.9. The maximum absolute atomic E-state index is 12.1. The van der Waals surface area contributed by atoms with E-state index in [0.29, 0.717) is 12.1 Å². The second-order valence-corrected chi connectivity index (χ2v) is 4.16. The first-order chi connectivity index (χ1) is 9.10. The number of terminal acetylenes is 1. The van der Waals surface area contributed by atoms with E-state index in [-0.39, 0.29) is 24.4 Å². The number of benzene rings is 1. The fraction of sp³-hybridized carbons (Fsp3) is 0.333. The fourth-order valence-corrected chi connectivity index (χ4v) is 1.83. The molecule has 0 unspecified atom stereocenters. The number of carboxylic acid groups (broad SMARTS) is 1. The van der Waals surface area contributed by atoms with Crippen molar-refractivity contribution in [1.82, 2.24) is 4.90 Å². The van der Waals surface area contributed by atoms with Gasteiger partial charge in [0.15, 0.2) is 0 Å². The largest absolute Gasteiger partial charge is 0.478 e. The molecule has 0 aliphatic carbocycles. The molecule has 0 fully saturated rings. The van der Waals surface area contributed by atoms with Crippen LogP contribution < -0.4 is 0 Å². The van der Waals surface area contributed by atoms with Crippen LogP contribution in [0.4, 0.5) is 0 Å². The van der Waals surface area contributed by atoms with Gasteiger partial charge >= 0.3 is 5.97 Å². The summed E-state index contributed by atoms with van der Waals surface area (Å²) in [5.74, 6) is 1.27. The summed E-state index contributed by atoms with van der Waals surface area (Å²) in [5.41, 5.74) is 0.672. The molecular formula is C15H17NO3. The summed E-state index contributed by atoms with van der Waals surface area (Å²) in [7, 11) is 0. The lowest BCUT2D eigenvalue weighted by atomic mass is 10.0. The monoisotopic (exact) mass is 259 g/mol. The molecule has 100 valence electrons. The molecule has 0 aliphatic heterocycles. The highest BCUT2D eigenvalue weighted by Crippen LogP contribution is 2.11. The maximum Gasteiger partial charge on any atom is 0.335 e. The van der Waals surface area contributed by atoms with Crippen molar-refractivity contribution >= 4 is 11.9 Å². The highest BCUT2D eigenvalue weighted by Gasteiger charge is 2.16. The molecule has 4 heteroatoms. The molecule has 1 amide bonds. The Hall–Kier alpha value is -2.28. The van der Waals surface area contributed by atoms with Crippen molar-refractivity contribution in [3.05, 3.63) is 35.4 Å². The summed E-state index contributed by atoms with van der Waals surface area (Å²) in [6, 6.07) is 6.51. The van der Waals surface area contributed by atoms with Crippen molar-refractivity contribution in [2.45, 2.75) is 19.8 Å². The molecule has 0 heterocycles. The summed E-state index contributed by atoms with van der Waals surface area (Å²) in [5, 5.41) is 9.07.